The summed E-state index contributed by atoms with van der Waals surface area (Å²) in [6, 6.07) is 0. The van der Waals surface area contributed by atoms with E-state index in [0.29, 0.717) is 6.61 Å². The van der Waals surface area contributed by atoms with Crippen LogP contribution in [0.2, 0.25) is 0 Å². The van der Waals surface area contributed by atoms with E-state index in [0.717, 1.165) is 0 Å². The summed E-state index contributed by atoms with van der Waals surface area (Å²) in [7, 11) is 1.50. The lowest BCUT2D eigenvalue weighted by Crippen LogP contribution is -2.20. The first kappa shape index (κ1) is 12.9. The summed E-state index contributed by atoms with van der Waals surface area (Å²) in [6.07, 6.45) is 0.714. The van der Waals surface area contributed by atoms with Gasteiger partial charge in [-0.25, -0.2) is 4.79 Å². The molecule has 0 rings (SSSR count). The fourth-order valence-electron chi connectivity index (χ4n) is 0.672. The molecule has 0 aliphatic rings. The van der Waals surface area contributed by atoms with Crippen molar-refractivity contribution >= 4 is 5.97 Å². The first-order valence-corrected chi connectivity index (χ1v) is 4.27. The van der Waals surface area contributed by atoms with Gasteiger partial charge < -0.3 is 19.3 Å². The van der Waals surface area contributed by atoms with Crippen LogP contribution in [0.4, 0.5) is 0 Å². The average Bonchev–Trinajstić information content (AvgIpc) is 2.16. The molecule has 5 heteroatoms. The maximum atomic E-state index is 10.4. The summed E-state index contributed by atoms with van der Waals surface area (Å²) in [6.45, 7) is 3.98. The smallest absolute Gasteiger partial charge is 0.334 e. The van der Waals surface area contributed by atoms with Gasteiger partial charge in [0.15, 0.2) is 6.29 Å². The summed E-state index contributed by atoms with van der Waals surface area (Å²) >= 11 is 0. The predicted octanol–water partition coefficient (Wildman–Crippen LogP) is 1.00. The lowest BCUT2D eigenvalue weighted by Gasteiger charge is -2.14. The van der Waals surface area contributed by atoms with Gasteiger partial charge in [-0.1, -0.05) is 0 Å². The van der Waals surface area contributed by atoms with Gasteiger partial charge in [0.1, 0.15) is 6.61 Å². The third kappa shape index (κ3) is 5.55. The fourth-order valence-corrected chi connectivity index (χ4v) is 0.672. The zero-order valence-corrected chi connectivity index (χ0v) is 8.65. The Labute approximate surface area is 83.3 Å². The maximum Gasteiger partial charge on any atom is 0.334 e. The van der Waals surface area contributed by atoms with E-state index in [1.165, 1.54) is 20.3 Å². The van der Waals surface area contributed by atoms with Crippen LogP contribution in [-0.2, 0) is 19.0 Å². The third-order valence-corrected chi connectivity index (χ3v) is 1.45. The fraction of sp³-hybridized carbons (Fsp3) is 0.667. The molecule has 0 saturated carbocycles. The van der Waals surface area contributed by atoms with Crippen LogP contribution in [0.25, 0.3) is 0 Å². The minimum Gasteiger partial charge on any atom is -0.495 e. The molecule has 1 unspecified atom stereocenters. The molecule has 5 nitrogen and oxygen atoms in total. The zero-order valence-electron chi connectivity index (χ0n) is 8.65. The predicted molar refractivity (Wildman–Crippen MR) is 49.8 cm³/mol. The third-order valence-electron chi connectivity index (χ3n) is 1.45. The second-order valence-corrected chi connectivity index (χ2v) is 2.56. The number of carboxylic acids is 1. The molecule has 0 spiro atoms. The van der Waals surface area contributed by atoms with E-state index in [4.69, 9.17) is 19.3 Å². The molecule has 0 aromatic rings. The van der Waals surface area contributed by atoms with E-state index in [9.17, 15) is 4.79 Å². The van der Waals surface area contributed by atoms with Crippen LogP contribution in [0.3, 0.4) is 0 Å². The van der Waals surface area contributed by atoms with Crippen LogP contribution in [0.15, 0.2) is 11.8 Å². The first-order chi connectivity index (χ1) is 6.61. The number of hydrogen-bond acceptors (Lipinski definition) is 4. The number of methoxy groups -OCH3 is 1. The highest BCUT2D eigenvalue weighted by molar-refractivity contribution is 5.85. The molecule has 14 heavy (non-hydrogen) atoms. The SMILES string of the molecule is CCOC(COC=C(C)C(=O)O)OC. The van der Waals surface area contributed by atoms with E-state index in [1.54, 1.807) is 0 Å². The van der Waals surface area contributed by atoms with E-state index in [1.807, 2.05) is 6.92 Å². The van der Waals surface area contributed by atoms with Gasteiger partial charge in [-0.05, 0) is 13.8 Å². The van der Waals surface area contributed by atoms with Crippen molar-refractivity contribution in [1.82, 2.24) is 0 Å². The lowest BCUT2D eigenvalue weighted by atomic mass is 10.3. The molecule has 1 N–H and O–H groups in total. The molecule has 0 aromatic heterocycles. The van der Waals surface area contributed by atoms with Gasteiger partial charge in [0.2, 0.25) is 0 Å². The second-order valence-electron chi connectivity index (χ2n) is 2.56. The molecular formula is C9H16O5. The molecule has 0 amide bonds. The van der Waals surface area contributed by atoms with Crippen molar-refractivity contribution in [3.05, 3.63) is 11.8 Å². The Balaban J connectivity index is 3.80. The number of carboxylic acid groups (broad SMARTS) is 1. The van der Waals surface area contributed by atoms with Gasteiger partial charge in [-0.3, -0.25) is 0 Å². The number of hydrogen-bond donors (Lipinski definition) is 1. The Bertz CT molecular complexity index is 199. The molecule has 0 saturated heterocycles. The second kappa shape index (κ2) is 7.34. The highest BCUT2D eigenvalue weighted by Gasteiger charge is 2.06. The molecule has 0 aliphatic heterocycles. The summed E-state index contributed by atoms with van der Waals surface area (Å²) in [5.74, 6) is -1.00. The van der Waals surface area contributed by atoms with Gasteiger partial charge in [0.05, 0.1) is 11.8 Å². The van der Waals surface area contributed by atoms with Gasteiger partial charge in [0.25, 0.3) is 0 Å². The van der Waals surface area contributed by atoms with Crippen LogP contribution >= 0.6 is 0 Å². The average molecular weight is 204 g/mol. The summed E-state index contributed by atoms with van der Waals surface area (Å²) < 4.78 is 15.0. The summed E-state index contributed by atoms with van der Waals surface area (Å²) in [5.41, 5.74) is 0.136. The van der Waals surface area contributed by atoms with E-state index >= 15 is 0 Å². The zero-order chi connectivity index (χ0) is 11.0. The number of carbonyl (C=O) groups is 1. The topological polar surface area (TPSA) is 65.0 Å². The number of aliphatic carboxylic acids is 1. The molecule has 1 atom stereocenters. The van der Waals surface area contributed by atoms with Crippen molar-refractivity contribution < 1.29 is 24.1 Å². The van der Waals surface area contributed by atoms with Crippen molar-refractivity contribution in [3.63, 3.8) is 0 Å². The standard InChI is InChI=1S/C9H16O5/c1-4-14-8(12-3)6-13-5-7(2)9(10)11/h5,8H,4,6H2,1-3H3,(H,10,11). The molecule has 0 heterocycles. The van der Waals surface area contributed by atoms with Crippen molar-refractivity contribution in [3.8, 4) is 0 Å². The Hall–Kier alpha value is -1.07. The van der Waals surface area contributed by atoms with Crippen molar-refractivity contribution in [2.75, 3.05) is 20.3 Å². The molecule has 82 valence electrons. The Morgan fingerprint density at radius 2 is 2.21 bits per heavy atom. The minimum absolute atomic E-state index is 0.136. The van der Waals surface area contributed by atoms with Crippen molar-refractivity contribution in [2.45, 2.75) is 20.1 Å². The van der Waals surface area contributed by atoms with Gasteiger partial charge in [0, 0.05) is 13.7 Å². The highest BCUT2D eigenvalue weighted by atomic mass is 16.7. The normalized spacial score (nSPS) is 13.8. The lowest BCUT2D eigenvalue weighted by molar-refractivity contribution is -0.145. The molecule has 0 bridgehead atoms. The first-order valence-electron chi connectivity index (χ1n) is 4.27. The molecule has 0 fully saturated rings. The van der Waals surface area contributed by atoms with Crippen LogP contribution in [0, 0.1) is 0 Å². The maximum absolute atomic E-state index is 10.4. The molecule has 0 radical (unpaired) electrons. The van der Waals surface area contributed by atoms with Crippen LogP contribution < -0.4 is 0 Å². The monoisotopic (exact) mass is 204 g/mol. The van der Waals surface area contributed by atoms with Gasteiger partial charge in [-0.2, -0.15) is 0 Å². The van der Waals surface area contributed by atoms with E-state index in [2.05, 4.69) is 0 Å². The van der Waals surface area contributed by atoms with E-state index < -0.39 is 12.3 Å². The quantitative estimate of drug-likeness (QED) is 0.381. The van der Waals surface area contributed by atoms with Crippen LogP contribution in [-0.4, -0.2) is 37.7 Å². The van der Waals surface area contributed by atoms with Crippen LogP contribution in [0.5, 0.6) is 0 Å². The van der Waals surface area contributed by atoms with E-state index in [-0.39, 0.29) is 12.2 Å². The van der Waals surface area contributed by atoms with Crippen molar-refractivity contribution in [2.24, 2.45) is 0 Å². The Kier molecular flexibility index (Phi) is 6.78. The minimum atomic E-state index is -1.00. The summed E-state index contributed by atoms with van der Waals surface area (Å²) in [5, 5.41) is 8.50. The molecule has 0 aliphatic carbocycles. The Morgan fingerprint density at radius 1 is 1.57 bits per heavy atom. The van der Waals surface area contributed by atoms with Crippen molar-refractivity contribution in [1.29, 1.82) is 0 Å². The Morgan fingerprint density at radius 3 is 2.64 bits per heavy atom. The number of ether oxygens (including phenoxy) is 3. The number of rotatable bonds is 7. The highest BCUT2D eigenvalue weighted by Crippen LogP contribution is 1.97. The van der Waals surface area contributed by atoms with Crippen LogP contribution in [0.1, 0.15) is 13.8 Å². The largest absolute Gasteiger partial charge is 0.495 e. The molecular weight excluding hydrogens is 188 g/mol. The van der Waals surface area contributed by atoms with Gasteiger partial charge in [-0.15, -0.1) is 0 Å². The summed E-state index contributed by atoms with van der Waals surface area (Å²) in [4.78, 5) is 10.4. The molecule has 0 aromatic carbocycles. The van der Waals surface area contributed by atoms with Gasteiger partial charge >= 0.3 is 5.97 Å².